The molecule has 0 spiro atoms. The molecule has 2 aromatic carbocycles. The second-order valence-electron chi connectivity index (χ2n) is 6.33. The largest absolute Gasteiger partial charge is 0.332 e. The molecule has 140 valence electrons. The number of nitrogens with one attached hydrogen (secondary N) is 3. The van der Waals surface area contributed by atoms with Crippen LogP contribution < -0.4 is 16.0 Å². The van der Waals surface area contributed by atoms with Gasteiger partial charge in [0.15, 0.2) is 5.11 Å². The van der Waals surface area contributed by atoms with Crippen molar-refractivity contribution >= 4 is 63.7 Å². The average Bonchev–Trinajstić information content (AvgIpc) is 3.42. The normalized spacial score (nSPS) is 13.0. The van der Waals surface area contributed by atoms with Crippen molar-refractivity contribution in [3.8, 4) is 0 Å². The Morgan fingerprint density at radius 2 is 1.81 bits per heavy atom. The van der Waals surface area contributed by atoms with Crippen molar-refractivity contribution in [3.63, 3.8) is 0 Å². The summed E-state index contributed by atoms with van der Waals surface area (Å²) in [5.74, 6) is -0.294. The van der Waals surface area contributed by atoms with Crippen LogP contribution in [0.1, 0.15) is 28.8 Å². The maximum atomic E-state index is 12.3. The molecule has 27 heavy (non-hydrogen) atoms. The zero-order valence-electron chi connectivity index (χ0n) is 14.4. The Hall–Kier alpha value is -2.15. The van der Waals surface area contributed by atoms with Gasteiger partial charge in [-0.2, -0.15) is 0 Å². The van der Waals surface area contributed by atoms with Gasteiger partial charge in [-0.05, 0) is 67.9 Å². The molecular weight excluding hydrogens is 405 g/mol. The molecule has 3 rings (SSSR count). The van der Waals surface area contributed by atoms with E-state index in [4.69, 9.17) is 35.4 Å². The minimum atomic E-state index is -0.441. The van der Waals surface area contributed by atoms with Crippen molar-refractivity contribution in [2.45, 2.75) is 19.8 Å². The Balaban J connectivity index is 1.64. The average molecular weight is 422 g/mol. The molecule has 1 fully saturated rings. The maximum absolute atomic E-state index is 12.3. The summed E-state index contributed by atoms with van der Waals surface area (Å²) in [5, 5.41) is 9.24. The molecule has 0 unspecified atom stereocenters. The molecule has 1 saturated carbocycles. The van der Waals surface area contributed by atoms with Crippen LogP contribution in [0.15, 0.2) is 36.4 Å². The lowest BCUT2D eigenvalue weighted by Crippen LogP contribution is -2.34. The summed E-state index contributed by atoms with van der Waals surface area (Å²) in [7, 11) is 0. The van der Waals surface area contributed by atoms with E-state index in [2.05, 4.69) is 16.0 Å². The SMILES string of the molecule is Cc1ccc(NC(=S)NC(=O)c2ccc(Cl)cc2Cl)cc1NC(=O)C1CC1. The summed E-state index contributed by atoms with van der Waals surface area (Å²) >= 11 is 17.1. The number of thiocarbonyl (C=S) groups is 1. The third kappa shape index (κ3) is 5.19. The number of rotatable bonds is 4. The van der Waals surface area contributed by atoms with E-state index in [-0.39, 0.29) is 27.5 Å². The van der Waals surface area contributed by atoms with Gasteiger partial charge >= 0.3 is 0 Å². The molecule has 5 nitrogen and oxygen atoms in total. The first-order valence-corrected chi connectivity index (χ1v) is 9.49. The number of amides is 2. The van der Waals surface area contributed by atoms with Crippen molar-refractivity contribution in [2.24, 2.45) is 5.92 Å². The molecule has 0 aromatic heterocycles. The third-order valence-corrected chi connectivity index (χ3v) is 4.86. The fraction of sp³-hybridized carbons (Fsp3) is 0.211. The first-order valence-electron chi connectivity index (χ1n) is 8.32. The van der Waals surface area contributed by atoms with Crippen LogP contribution in [0.3, 0.4) is 0 Å². The lowest BCUT2D eigenvalue weighted by molar-refractivity contribution is -0.117. The Bertz CT molecular complexity index is 929. The number of aryl methyl sites for hydroxylation is 1. The van der Waals surface area contributed by atoms with Crippen LogP contribution in [0.4, 0.5) is 11.4 Å². The molecular formula is C19H17Cl2N3O2S. The van der Waals surface area contributed by atoms with Crippen molar-refractivity contribution in [3.05, 3.63) is 57.6 Å². The number of carbonyl (C=O) groups excluding carboxylic acids is 2. The van der Waals surface area contributed by atoms with Crippen LogP contribution in [0.2, 0.25) is 10.0 Å². The molecule has 2 amide bonds. The number of halogens is 2. The van der Waals surface area contributed by atoms with Gasteiger partial charge in [0, 0.05) is 22.3 Å². The van der Waals surface area contributed by atoms with Gasteiger partial charge in [0.05, 0.1) is 10.6 Å². The van der Waals surface area contributed by atoms with E-state index in [0.717, 1.165) is 18.4 Å². The standard InChI is InChI=1S/C19H17Cl2N3O2S/c1-10-2-6-13(9-16(10)23-17(25)11-3-4-11)22-19(27)24-18(26)14-7-5-12(20)8-15(14)21/h2,5-9,11H,3-4H2,1H3,(H,23,25)(H2,22,24,26,27). The Kier molecular flexibility index (Phi) is 5.99. The summed E-state index contributed by atoms with van der Waals surface area (Å²) in [6.45, 7) is 1.91. The van der Waals surface area contributed by atoms with Gasteiger partial charge in [0.2, 0.25) is 5.91 Å². The Morgan fingerprint density at radius 1 is 1.07 bits per heavy atom. The van der Waals surface area contributed by atoms with E-state index in [9.17, 15) is 9.59 Å². The Labute approximate surface area is 172 Å². The van der Waals surface area contributed by atoms with Crippen LogP contribution in [-0.4, -0.2) is 16.9 Å². The number of hydrogen-bond donors (Lipinski definition) is 3. The topological polar surface area (TPSA) is 70.2 Å². The number of benzene rings is 2. The van der Waals surface area contributed by atoms with Crippen LogP contribution in [0.5, 0.6) is 0 Å². The van der Waals surface area contributed by atoms with Crippen molar-refractivity contribution < 1.29 is 9.59 Å². The highest BCUT2D eigenvalue weighted by Gasteiger charge is 2.29. The fourth-order valence-corrected chi connectivity index (χ4v) is 3.13. The number of hydrogen-bond acceptors (Lipinski definition) is 3. The molecule has 0 aliphatic heterocycles. The monoisotopic (exact) mass is 421 g/mol. The zero-order chi connectivity index (χ0) is 19.6. The summed E-state index contributed by atoms with van der Waals surface area (Å²) in [5.41, 5.74) is 2.58. The van der Waals surface area contributed by atoms with Crippen molar-refractivity contribution in [1.82, 2.24) is 5.32 Å². The predicted molar refractivity (Wildman–Crippen MR) is 113 cm³/mol. The van der Waals surface area contributed by atoms with E-state index >= 15 is 0 Å². The molecule has 3 N–H and O–H groups in total. The first kappa shape index (κ1) is 19.6. The summed E-state index contributed by atoms with van der Waals surface area (Å²) in [4.78, 5) is 24.3. The molecule has 1 aliphatic carbocycles. The van der Waals surface area contributed by atoms with Gasteiger partial charge in [0.25, 0.3) is 5.91 Å². The quantitative estimate of drug-likeness (QED) is 0.621. The molecule has 0 bridgehead atoms. The van der Waals surface area contributed by atoms with Crippen molar-refractivity contribution in [1.29, 1.82) is 0 Å². The molecule has 0 radical (unpaired) electrons. The smallest absolute Gasteiger partial charge is 0.258 e. The molecule has 0 atom stereocenters. The second-order valence-corrected chi connectivity index (χ2v) is 7.58. The summed E-state index contributed by atoms with van der Waals surface area (Å²) in [6, 6.07) is 10.1. The fourth-order valence-electron chi connectivity index (χ4n) is 2.42. The van der Waals surface area contributed by atoms with Crippen LogP contribution >= 0.6 is 35.4 Å². The van der Waals surface area contributed by atoms with Crippen LogP contribution in [0, 0.1) is 12.8 Å². The predicted octanol–water partition coefficient (Wildman–Crippen LogP) is 4.78. The minimum absolute atomic E-state index is 0.0310. The van der Waals surface area contributed by atoms with E-state index in [1.54, 1.807) is 12.1 Å². The number of anilines is 2. The maximum Gasteiger partial charge on any atom is 0.258 e. The lowest BCUT2D eigenvalue weighted by atomic mass is 10.1. The molecule has 0 heterocycles. The zero-order valence-corrected chi connectivity index (χ0v) is 16.8. The third-order valence-electron chi connectivity index (χ3n) is 4.10. The van der Waals surface area contributed by atoms with Crippen molar-refractivity contribution in [2.75, 3.05) is 10.6 Å². The Morgan fingerprint density at radius 3 is 2.48 bits per heavy atom. The summed E-state index contributed by atoms with van der Waals surface area (Å²) < 4.78 is 0. The summed E-state index contributed by atoms with van der Waals surface area (Å²) in [6.07, 6.45) is 1.87. The highest BCUT2D eigenvalue weighted by atomic mass is 35.5. The molecule has 0 saturated heterocycles. The first-order chi connectivity index (χ1) is 12.8. The van der Waals surface area contributed by atoms with Gasteiger partial charge in [-0.25, -0.2) is 0 Å². The van der Waals surface area contributed by atoms with Gasteiger partial charge in [0.1, 0.15) is 0 Å². The van der Waals surface area contributed by atoms with E-state index < -0.39 is 5.91 Å². The highest BCUT2D eigenvalue weighted by Crippen LogP contribution is 2.31. The van der Waals surface area contributed by atoms with E-state index in [0.29, 0.717) is 16.4 Å². The van der Waals surface area contributed by atoms with Gasteiger partial charge in [-0.3, -0.25) is 14.9 Å². The second kappa shape index (κ2) is 8.25. The van der Waals surface area contributed by atoms with E-state index in [1.807, 2.05) is 19.1 Å². The van der Waals surface area contributed by atoms with Gasteiger partial charge < -0.3 is 10.6 Å². The van der Waals surface area contributed by atoms with Crippen LogP contribution in [-0.2, 0) is 4.79 Å². The molecule has 2 aromatic rings. The van der Waals surface area contributed by atoms with Crippen LogP contribution in [0.25, 0.3) is 0 Å². The lowest BCUT2D eigenvalue weighted by Gasteiger charge is -2.13. The number of carbonyl (C=O) groups is 2. The van der Waals surface area contributed by atoms with Gasteiger partial charge in [-0.15, -0.1) is 0 Å². The molecule has 8 heteroatoms. The highest BCUT2D eigenvalue weighted by molar-refractivity contribution is 7.80. The van der Waals surface area contributed by atoms with Gasteiger partial charge in [-0.1, -0.05) is 29.3 Å². The van der Waals surface area contributed by atoms with E-state index in [1.165, 1.54) is 12.1 Å². The minimum Gasteiger partial charge on any atom is -0.332 e. The molecule has 1 aliphatic rings.